The van der Waals surface area contributed by atoms with Gasteiger partial charge in [0.05, 0.1) is 11.9 Å². The average molecular weight is 675 g/mol. The molecule has 0 aromatic carbocycles. The van der Waals surface area contributed by atoms with Gasteiger partial charge < -0.3 is 63.6 Å². The van der Waals surface area contributed by atoms with Crippen molar-refractivity contribution in [3.8, 4) is 0 Å². The minimum absolute atomic E-state index is 0. The van der Waals surface area contributed by atoms with Gasteiger partial charge in [-0.05, 0) is 0 Å². The Bertz CT molecular complexity index is 335. The number of hydrogen-bond acceptors (Lipinski definition) is 20. The largest absolute Gasteiger partial charge is 2.00 e. The number of carbonyl (C=O) groups is 2. The summed E-state index contributed by atoms with van der Waals surface area (Å²) in [5.74, 6) is -4.37. The van der Waals surface area contributed by atoms with Gasteiger partial charge in [0.15, 0.2) is 0 Å². The molecule has 0 aliphatic rings. The molecule has 0 saturated carbocycles. The number of nitrogens with two attached hydrogens (primary N) is 4. The van der Waals surface area contributed by atoms with Crippen molar-refractivity contribution < 1.29 is 121 Å². The number of aliphatic hydroxyl groups excluding tert-OH is 2. The van der Waals surface area contributed by atoms with Crippen LogP contribution < -0.4 is 81.1 Å². The van der Waals surface area contributed by atoms with Crippen molar-refractivity contribution in [3.63, 3.8) is 0 Å². The number of carboxylic acids is 2. The van der Waals surface area contributed by atoms with Crippen LogP contribution in [0.3, 0.4) is 0 Å². The van der Waals surface area contributed by atoms with Gasteiger partial charge in [0.1, 0.15) is 0 Å². The number of carbonyl (C=O) groups excluding carboxylic acids is 2. The molecule has 0 bridgehead atoms. The third kappa shape index (κ3) is 260. The fourth-order valence-electron chi connectivity index (χ4n) is 0.658. The van der Waals surface area contributed by atoms with Crippen LogP contribution in [0.15, 0.2) is 0 Å². The van der Waals surface area contributed by atoms with Gasteiger partial charge in [-0.25, -0.2) is 37.3 Å². The van der Waals surface area contributed by atoms with Crippen molar-refractivity contribution in [1.82, 2.24) is 10.6 Å². The van der Waals surface area contributed by atoms with Gasteiger partial charge in [0.2, 0.25) is 0 Å². The van der Waals surface area contributed by atoms with Crippen molar-refractivity contribution in [2.75, 3.05) is 66.6 Å². The monoisotopic (exact) mass is 672 g/mol. The maximum Gasteiger partial charge on any atom is 2.00 e. The van der Waals surface area contributed by atoms with E-state index < -0.39 is 32.4 Å². The van der Waals surface area contributed by atoms with Gasteiger partial charge in [0, 0.05) is 66.6 Å². The Labute approximate surface area is 232 Å². The first-order chi connectivity index (χ1) is 15.5. The van der Waals surface area contributed by atoms with Crippen molar-refractivity contribution in [3.05, 3.63) is 0 Å². The summed E-state index contributed by atoms with van der Waals surface area (Å²) in [5, 5.41) is 37.9. The van der Waals surface area contributed by atoms with Crippen LogP contribution >= 0.6 is 0 Å². The number of aliphatic carboxylic acids is 2. The van der Waals surface area contributed by atoms with E-state index in [1.54, 1.807) is 0 Å². The van der Waals surface area contributed by atoms with Crippen molar-refractivity contribution in [1.29, 1.82) is 0 Å². The number of carboxylic acid groups (broad SMARTS) is 2. The van der Waals surface area contributed by atoms with Crippen molar-refractivity contribution in [2.45, 2.75) is 0 Å². The zero-order valence-corrected chi connectivity index (χ0v) is 22.6. The van der Waals surface area contributed by atoms with Gasteiger partial charge in [-0.2, -0.15) is 0 Å². The molecule has 0 aliphatic carbocycles. The van der Waals surface area contributed by atoms with Crippen LogP contribution in [0.2, 0.25) is 0 Å². The first-order valence-corrected chi connectivity index (χ1v) is 10.7. The summed E-state index contributed by atoms with van der Waals surface area (Å²) in [6.45, 7) is 6.27. The molecule has 36 heavy (non-hydrogen) atoms. The smallest absolute Gasteiger partial charge is 0.543 e. The fourth-order valence-corrected chi connectivity index (χ4v) is 0.658. The van der Waals surface area contributed by atoms with Crippen LogP contribution in [0.5, 0.6) is 0 Å². The molecule has 0 aromatic heterocycles. The van der Waals surface area contributed by atoms with E-state index in [-0.39, 0.29) is 33.0 Å². The van der Waals surface area contributed by atoms with Crippen LogP contribution in [0.25, 0.3) is 0 Å². The average Bonchev–Trinajstić information content (AvgIpc) is 2.70. The van der Waals surface area contributed by atoms with Crippen molar-refractivity contribution >= 4 is 11.9 Å². The van der Waals surface area contributed by atoms with E-state index >= 15 is 0 Å². The van der Waals surface area contributed by atoms with Gasteiger partial charge in [-0.3, -0.25) is 0 Å². The molecule has 24 heteroatoms. The molecule has 0 spiro atoms. The molecule has 0 unspecified atom stereocenters. The van der Waals surface area contributed by atoms with E-state index in [1.165, 1.54) is 0 Å². The third-order valence-electron chi connectivity index (χ3n) is 1.45. The van der Waals surface area contributed by atoms with Crippen LogP contribution in [-0.4, -0.2) is 88.7 Å². The molecule has 0 aliphatic heterocycles. The summed E-state index contributed by atoms with van der Waals surface area (Å²) in [6.07, 6.45) is 0. The second-order valence-corrected chi connectivity index (χ2v) is 5.50. The van der Waals surface area contributed by atoms with Gasteiger partial charge >= 0.3 is 33.0 Å². The van der Waals surface area contributed by atoms with Crippen LogP contribution in [0.1, 0.15) is 0 Å². The molecule has 0 heterocycles. The first-order valence-electron chi connectivity index (χ1n) is 8.24. The van der Waals surface area contributed by atoms with E-state index in [1.807, 2.05) is 0 Å². The number of hydrogen-bond donors (Lipinski definition) is 8. The molecule has 0 saturated heterocycles. The maximum absolute atomic E-state index is 8.93. The third-order valence-corrected chi connectivity index (χ3v) is 1.45. The number of halogens is 2. The molecular weight excluding hydrogens is 640 g/mol. The Kier molecular flexibility index (Phi) is 86.4. The Balaban J connectivity index is -0.0000000346. The molecule has 0 amide bonds. The Hall–Kier alpha value is -0.133. The summed E-state index contributed by atoms with van der Waals surface area (Å²) in [4.78, 5) is 17.9. The van der Waals surface area contributed by atoms with Gasteiger partial charge in [-0.1, -0.05) is 0 Å². The molecule has 0 atom stereocenters. The van der Waals surface area contributed by atoms with Crippen molar-refractivity contribution in [2.24, 2.45) is 22.9 Å². The first kappa shape index (κ1) is 60.4. The summed E-state index contributed by atoms with van der Waals surface area (Å²) in [5.41, 5.74) is 20.7. The second-order valence-electron chi connectivity index (χ2n) is 3.99. The second kappa shape index (κ2) is 51.5. The topological polar surface area (TPSA) is 433 Å². The Morgan fingerprint density at radius 1 is 0.556 bits per heavy atom. The molecule has 12 N–H and O–H groups in total. The molecule has 20 nitrogen and oxygen atoms in total. The van der Waals surface area contributed by atoms with Crippen LogP contribution in [-0.2, 0) is 42.6 Å². The molecule has 0 fully saturated rings. The predicted octanol–water partition coefficient (Wildman–Crippen LogP) is -16.8. The SMILES string of the molecule is CO.CO.NCCNCCN.NCCNCCN.O=C([O-])C(=O)[O-].[Ni+2].[Ni+2].[O-][Cl+3]([O-])([O-])[O-].[O-][Cl+3]([O-])([O-])[O-]. The summed E-state index contributed by atoms with van der Waals surface area (Å²) < 4.78 is 67.9. The molecule has 0 radical (unpaired) electrons. The van der Waals surface area contributed by atoms with E-state index in [9.17, 15) is 0 Å². The van der Waals surface area contributed by atoms with E-state index in [2.05, 4.69) is 10.6 Å². The summed E-state index contributed by atoms with van der Waals surface area (Å²) >= 11 is 0. The number of aliphatic hydroxyl groups is 2. The molecule has 230 valence electrons. The Morgan fingerprint density at radius 3 is 0.722 bits per heavy atom. The summed E-state index contributed by atoms with van der Waals surface area (Å²) in [7, 11) is -7.89. The maximum atomic E-state index is 8.93. The molecular formula is C12H34Cl2N6Ni2O14. The minimum Gasteiger partial charge on any atom is -0.543 e. The van der Waals surface area contributed by atoms with Crippen LogP contribution in [0, 0.1) is 20.5 Å². The van der Waals surface area contributed by atoms with Crippen LogP contribution in [0.4, 0.5) is 0 Å². The van der Waals surface area contributed by atoms with Gasteiger partial charge in [0.25, 0.3) is 0 Å². The van der Waals surface area contributed by atoms with E-state index in [0.29, 0.717) is 26.2 Å². The zero-order valence-electron chi connectivity index (χ0n) is 19.1. The standard InChI is InChI=1S/2C4H13N3.C2H2O4.2CH4O.2ClHO4.2Ni/c2*5-1-3-7-4-2-6;3-1(4)2(5)6;2*1-2;2*2-1(3,4)5;;/h2*7H,1-6H2;(H,3,4)(H,5,6);2*2H,1H3;2*(H,2,3,4,5);;/q;;;;;;;2*+2/p-4. The fraction of sp³-hybridized carbons (Fsp3) is 0.833. The molecule has 0 aromatic rings. The summed E-state index contributed by atoms with van der Waals surface area (Å²) in [6, 6.07) is 0. The zero-order chi connectivity index (χ0) is 29.2. The Morgan fingerprint density at radius 2 is 0.667 bits per heavy atom. The minimum atomic E-state index is -4.94. The predicted molar refractivity (Wildman–Crippen MR) is 88.3 cm³/mol. The quantitative estimate of drug-likeness (QED) is 0.0672. The van der Waals surface area contributed by atoms with E-state index in [4.69, 9.17) is 90.2 Å². The van der Waals surface area contributed by atoms with E-state index in [0.717, 1.165) is 40.4 Å². The number of nitrogens with one attached hydrogen (secondary N) is 2. The normalized spacial score (nSPS) is 8.56. The molecule has 0 rings (SSSR count). The number of rotatable bonds is 8. The van der Waals surface area contributed by atoms with Gasteiger partial charge in [-0.15, -0.1) is 20.5 Å².